The van der Waals surface area contributed by atoms with Crippen LogP contribution < -0.4 is 5.56 Å². The lowest BCUT2D eigenvalue weighted by atomic mass is 10.2. The van der Waals surface area contributed by atoms with E-state index in [4.69, 9.17) is 4.74 Å². The highest BCUT2D eigenvalue weighted by Gasteiger charge is 2.28. The van der Waals surface area contributed by atoms with E-state index in [0.717, 1.165) is 11.8 Å². The minimum absolute atomic E-state index is 0.188. The van der Waals surface area contributed by atoms with Gasteiger partial charge in [-0.15, -0.1) is 0 Å². The Morgan fingerprint density at radius 3 is 2.68 bits per heavy atom. The number of ether oxygens (including phenoxy) is 1. The van der Waals surface area contributed by atoms with Gasteiger partial charge in [0.05, 0.1) is 17.5 Å². The average Bonchev–Trinajstić information content (AvgIpc) is 2.49. The molecule has 0 aliphatic heterocycles. The molecule has 0 spiro atoms. The fraction of sp³-hybridized carbons (Fsp3) is 0.333. The fourth-order valence-electron chi connectivity index (χ4n) is 1.92. The van der Waals surface area contributed by atoms with Crippen LogP contribution in [0.1, 0.15) is 13.8 Å². The van der Waals surface area contributed by atoms with E-state index >= 15 is 0 Å². The van der Waals surface area contributed by atoms with Crippen LogP contribution in [-0.4, -0.2) is 33.2 Å². The number of benzene rings is 1. The standard InChI is InChI=1S/C15H16N2O4S/c1-4-21-14(20)12(9(2)18)22-15-16-11-8-6-5-7-10(11)13(19)17(15)3/h5-8,12H,4H2,1-3H3. The van der Waals surface area contributed by atoms with Gasteiger partial charge in [-0.05, 0) is 26.0 Å². The molecule has 0 bridgehead atoms. The summed E-state index contributed by atoms with van der Waals surface area (Å²) in [4.78, 5) is 40.2. The van der Waals surface area contributed by atoms with E-state index < -0.39 is 11.2 Å². The van der Waals surface area contributed by atoms with Gasteiger partial charge in [0.1, 0.15) is 0 Å². The smallest absolute Gasteiger partial charge is 0.327 e. The van der Waals surface area contributed by atoms with Crippen molar-refractivity contribution in [1.82, 2.24) is 9.55 Å². The van der Waals surface area contributed by atoms with Gasteiger partial charge in [-0.1, -0.05) is 23.9 Å². The van der Waals surface area contributed by atoms with E-state index in [1.807, 2.05) is 0 Å². The van der Waals surface area contributed by atoms with Gasteiger partial charge in [-0.3, -0.25) is 19.0 Å². The second-order valence-corrected chi connectivity index (χ2v) is 5.71. The summed E-state index contributed by atoms with van der Waals surface area (Å²) in [5, 5.41) is -0.235. The first-order valence-corrected chi connectivity index (χ1v) is 7.63. The molecule has 1 heterocycles. The highest BCUT2D eigenvalue weighted by Crippen LogP contribution is 2.23. The van der Waals surface area contributed by atoms with Gasteiger partial charge in [0.25, 0.3) is 5.56 Å². The SMILES string of the molecule is CCOC(=O)C(Sc1nc2ccccc2c(=O)n1C)C(C)=O. The summed E-state index contributed by atoms with van der Waals surface area (Å²) in [5.41, 5.74) is 0.304. The van der Waals surface area contributed by atoms with Crippen molar-refractivity contribution in [2.45, 2.75) is 24.3 Å². The number of esters is 1. The molecule has 0 aliphatic rings. The van der Waals surface area contributed by atoms with Gasteiger partial charge in [0.15, 0.2) is 16.2 Å². The zero-order valence-corrected chi connectivity index (χ0v) is 13.3. The Labute approximate surface area is 131 Å². The number of fused-ring (bicyclic) bond motifs is 1. The lowest BCUT2D eigenvalue weighted by Gasteiger charge is -2.14. The maximum atomic E-state index is 12.3. The Kier molecular flexibility index (Phi) is 4.97. The van der Waals surface area contributed by atoms with E-state index in [0.29, 0.717) is 16.1 Å². The molecule has 22 heavy (non-hydrogen) atoms. The zero-order chi connectivity index (χ0) is 16.3. The number of hydrogen-bond donors (Lipinski definition) is 0. The molecule has 0 radical (unpaired) electrons. The second kappa shape index (κ2) is 6.74. The topological polar surface area (TPSA) is 78.3 Å². The number of ketones is 1. The van der Waals surface area contributed by atoms with Crippen molar-refractivity contribution in [3.05, 3.63) is 34.6 Å². The molecule has 1 atom stereocenters. The largest absolute Gasteiger partial charge is 0.465 e. The summed E-state index contributed by atoms with van der Waals surface area (Å²) in [7, 11) is 1.56. The van der Waals surface area contributed by atoms with Crippen LogP contribution in [0.5, 0.6) is 0 Å². The molecular weight excluding hydrogens is 304 g/mol. The summed E-state index contributed by atoms with van der Waals surface area (Å²) in [6, 6.07) is 6.94. The normalized spacial score (nSPS) is 12.1. The number of carbonyl (C=O) groups is 2. The molecule has 1 aromatic heterocycles. The van der Waals surface area contributed by atoms with Crippen LogP contribution in [0, 0.1) is 0 Å². The third-order valence-electron chi connectivity index (χ3n) is 3.04. The van der Waals surface area contributed by atoms with E-state index in [-0.39, 0.29) is 17.9 Å². The molecule has 0 N–H and O–H groups in total. The predicted molar refractivity (Wildman–Crippen MR) is 83.9 cm³/mol. The molecular formula is C15H16N2O4S. The number of Topliss-reactive ketones (excluding diaryl/α,β-unsaturated/α-hetero) is 1. The Morgan fingerprint density at radius 2 is 2.05 bits per heavy atom. The van der Waals surface area contributed by atoms with Gasteiger partial charge >= 0.3 is 5.97 Å². The summed E-state index contributed by atoms with van der Waals surface area (Å²) in [6.07, 6.45) is 0. The van der Waals surface area contributed by atoms with Crippen LogP contribution in [0.4, 0.5) is 0 Å². The first-order chi connectivity index (χ1) is 10.5. The lowest BCUT2D eigenvalue weighted by Crippen LogP contribution is -2.29. The summed E-state index contributed by atoms with van der Waals surface area (Å²) < 4.78 is 6.23. The Hall–Kier alpha value is -2.15. The lowest BCUT2D eigenvalue weighted by molar-refractivity contribution is -0.144. The maximum absolute atomic E-state index is 12.3. The van der Waals surface area contributed by atoms with Crippen LogP contribution in [0.3, 0.4) is 0 Å². The molecule has 0 amide bonds. The number of para-hydroxylation sites is 1. The molecule has 0 saturated heterocycles. The summed E-state index contributed by atoms with van der Waals surface area (Å²) in [6.45, 7) is 3.17. The summed E-state index contributed by atoms with van der Waals surface area (Å²) >= 11 is 0.928. The molecule has 1 aromatic carbocycles. The number of hydrogen-bond acceptors (Lipinski definition) is 6. The first kappa shape index (κ1) is 16.2. The maximum Gasteiger partial charge on any atom is 0.327 e. The van der Waals surface area contributed by atoms with Crippen LogP contribution in [0.15, 0.2) is 34.2 Å². The van der Waals surface area contributed by atoms with E-state index in [2.05, 4.69) is 4.98 Å². The van der Waals surface area contributed by atoms with Gasteiger partial charge in [0, 0.05) is 7.05 Å². The van der Waals surface area contributed by atoms with E-state index in [9.17, 15) is 14.4 Å². The highest BCUT2D eigenvalue weighted by atomic mass is 32.2. The van der Waals surface area contributed by atoms with Crippen molar-refractivity contribution in [2.24, 2.45) is 7.05 Å². The van der Waals surface area contributed by atoms with Gasteiger partial charge in [0.2, 0.25) is 0 Å². The molecule has 7 heteroatoms. The van der Waals surface area contributed by atoms with Crippen molar-refractivity contribution in [2.75, 3.05) is 6.61 Å². The average molecular weight is 320 g/mol. The first-order valence-electron chi connectivity index (χ1n) is 6.75. The van der Waals surface area contributed by atoms with Crippen molar-refractivity contribution >= 4 is 34.4 Å². The number of carbonyl (C=O) groups excluding carboxylic acids is 2. The molecule has 1 unspecified atom stereocenters. The van der Waals surface area contributed by atoms with Gasteiger partial charge in [-0.25, -0.2) is 4.98 Å². The van der Waals surface area contributed by atoms with E-state index in [1.165, 1.54) is 11.5 Å². The van der Waals surface area contributed by atoms with Crippen LogP contribution in [0.25, 0.3) is 10.9 Å². The van der Waals surface area contributed by atoms with Gasteiger partial charge < -0.3 is 4.74 Å². The van der Waals surface area contributed by atoms with Crippen molar-refractivity contribution in [3.63, 3.8) is 0 Å². The van der Waals surface area contributed by atoms with Crippen molar-refractivity contribution in [3.8, 4) is 0 Å². The number of aromatic nitrogens is 2. The summed E-state index contributed by atoms with van der Waals surface area (Å²) in [5.74, 6) is -0.965. The Balaban J connectivity index is 2.46. The zero-order valence-electron chi connectivity index (χ0n) is 12.5. The molecule has 0 fully saturated rings. The third-order valence-corrected chi connectivity index (χ3v) is 4.37. The molecule has 6 nitrogen and oxygen atoms in total. The fourth-order valence-corrected chi connectivity index (χ4v) is 2.86. The highest BCUT2D eigenvalue weighted by molar-refractivity contribution is 8.01. The predicted octanol–water partition coefficient (Wildman–Crippen LogP) is 1.55. The quantitative estimate of drug-likeness (QED) is 0.360. The number of nitrogens with zero attached hydrogens (tertiary/aromatic N) is 2. The number of rotatable bonds is 5. The van der Waals surface area contributed by atoms with Crippen molar-refractivity contribution in [1.29, 1.82) is 0 Å². The molecule has 0 saturated carbocycles. The molecule has 2 rings (SSSR count). The molecule has 116 valence electrons. The minimum Gasteiger partial charge on any atom is -0.465 e. The van der Waals surface area contributed by atoms with Crippen molar-refractivity contribution < 1.29 is 14.3 Å². The Bertz CT molecular complexity index is 785. The van der Waals surface area contributed by atoms with E-state index in [1.54, 1.807) is 38.2 Å². The van der Waals surface area contributed by atoms with Crippen LogP contribution >= 0.6 is 11.8 Å². The van der Waals surface area contributed by atoms with Crippen LogP contribution in [-0.2, 0) is 21.4 Å². The van der Waals surface area contributed by atoms with Crippen LogP contribution in [0.2, 0.25) is 0 Å². The minimum atomic E-state index is -1.03. The molecule has 0 aliphatic carbocycles. The number of thioether (sulfide) groups is 1. The third kappa shape index (κ3) is 3.19. The monoisotopic (exact) mass is 320 g/mol. The Morgan fingerprint density at radius 1 is 1.36 bits per heavy atom. The second-order valence-electron chi connectivity index (χ2n) is 4.64. The van der Waals surface area contributed by atoms with Gasteiger partial charge in [-0.2, -0.15) is 0 Å². The molecule has 2 aromatic rings.